The molecule has 0 fully saturated rings. The Morgan fingerprint density at radius 3 is 2.16 bits per heavy atom. The highest BCUT2D eigenvalue weighted by Crippen LogP contribution is 2.39. The van der Waals surface area contributed by atoms with Crippen LogP contribution in [0.2, 0.25) is 5.02 Å². The summed E-state index contributed by atoms with van der Waals surface area (Å²) in [7, 11) is -2.08. The lowest BCUT2D eigenvalue weighted by Gasteiger charge is -2.32. The van der Waals surface area contributed by atoms with Crippen LogP contribution in [0.3, 0.4) is 0 Å². The third-order valence-electron chi connectivity index (χ3n) is 10.1. The molecule has 4 bridgehead atoms. The van der Waals surface area contributed by atoms with Gasteiger partial charge in [0.05, 0.1) is 0 Å². The van der Waals surface area contributed by atoms with Crippen LogP contribution in [0.5, 0.6) is 11.5 Å². The molecule has 4 unspecified atom stereocenters. The van der Waals surface area contributed by atoms with Gasteiger partial charge in [0.2, 0.25) is 23.6 Å². The summed E-state index contributed by atoms with van der Waals surface area (Å²) in [6.07, 6.45) is 3.34. The second-order valence-electron chi connectivity index (χ2n) is 14.8. The summed E-state index contributed by atoms with van der Waals surface area (Å²) in [5.74, 6) is -3.90. The molecule has 1 aliphatic heterocycles. The monoisotopic (exact) mass is 872 g/mol. The number of phenolic OH excluding ortho intramolecular Hbond substituents is 2. The van der Waals surface area contributed by atoms with E-state index in [1.807, 2.05) is 12.1 Å². The molecular weight excluding hydrogens is 824 g/mol. The first-order valence-electron chi connectivity index (χ1n) is 19.5. The largest absolute Gasteiger partial charge is 0.507 e. The van der Waals surface area contributed by atoms with E-state index in [1.165, 1.54) is 56.4 Å². The number of rotatable bonds is 13. The van der Waals surface area contributed by atoms with E-state index in [-0.39, 0.29) is 53.1 Å². The van der Waals surface area contributed by atoms with Gasteiger partial charge in [-0.25, -0.2) is 8.42 Å². The molecule has 0 radical (unpaired) electrons. The lowest BCUT2D eigenvalue weighted by atomic mass is 9.93. The Hall–Kier alpha value is -6.23. The van der Waals surface area contributed by atoms with Crippen LogP contribution in [0.4, 0.5) is 0 Å². The number of unbranched alkanes of at least 4 members (excludes halogenated alkanes) is 1. The smallest absolute Gasteiger partial charge is 0.251 e. The van der Waals surface area contributed by atoms with Crippen LogP contribution >= 0.6 is 11.6 Å². The summed E-state index contributed by atoms with van der Waals surface area (Å²) in [6.45, 7) is 1.57. The van der Waals surface area contributed by atoms with Crippen molar-refractivity contribution in [3.63, 3.8) is 0 Å². The SMILES string of the molecule is CC1NC(=O)C(N(C)C(=O)C(CCCCN)NC(=O)c2ccc(-c3ccc(Cl)cc3)cc2)c2ccc(O)c(c2)-c2cc(ccc2O)CC(C(=O)NCC=CS(C)(=O)=O)NC1=O. The van der Waals surface area contributed by atoms with Gasteiger partial charge in [-0.1, -0.05) is 54.1 Å². The average molecular weight is 873 g/mol. The van der Waals surface area contributed by atoms with Crippen molar-refractivity contribution >= 4 is 51.0 Å². The van der Waals surface area contributed by atoms with Gasteiger partial charge in [0.25, 0.3) is 5.91 Å². The lowest BCUT2D eigenvalue weighted by Crippen LogP contribution is -2.56. The van der Waals surface area contributed by atoms with Crippen LogP contribution in [0.15, 0.2) is 96.4 Å². The standard InChI is InChI=1S/C44H49ClN6O9S/c1-26-40(54)50-36(42(56)47-21-6-22-61(3,59)60)24-27-8-18-37(52)33(23-27)34-25-31(15-19-38(34)53)39(43(57)48-26)51(2)44(58)35(7-4-5-20-46)49-41(55)30-11-9-28(10-12-30)29-13-16-32(45)17-14-29/h6,8-19,22-23,25-26,35-36,39,52-53H,4-5,7,20-21,24,46H2,1-3H3,(H,47,56)(H,48,57)(H,49,55)(H,50,54). The second-order valence-corrected chi connectivity index (χ2v) is 17.2. The lowest BCUT2D eigenvalue weighted by molar-refractivity contribution is -0.141. The van der Waals surface area contributed by atoms with E-state index in [1.54, 1.807) is 36.4 Å². The molecule has 0 aromatic heterocycles. The van der Waals surface area contributed by atoms with Crippen molar-refractivity contribution in [1.82, 2.24) is 26.2 Å². The van der Waals surface area contributed by atoms with E-state index in [4.69, 9.17) is 17.3 Å². The fourth-order valence-corrected chi connectivity index (χ4v) is 7.41. The quantitative estimate of drug-likeness (QED) is 0.0962. The number of nitrogens with two attached hydrogens (primary N) is 1. The number of aromatic hydroxyl groups is 2. The number of hydrogen-bond acceptors (Lipinski definition) is 10. The maximum absolute atomic E-state index is 14.5. The van der Waals surface area contributed by atoms with Gasteiger partial charge in [0, 0.05) is 53.4 Å². The van der Waals surface area contributed by atoms with Crippen LogP contribution < -0.4 is 27.0 Å². The zero-order chi connectivity index (χ0) is 44.4. The van der Waals surface area contributed by atoms with Crippen molar-refractivity contribution in [2.45, 2.75) is 56.8 Å². The third kappa shape index (κ3) is 12.2. The van der Waals surface area contributed by atoms with Crippen molar-refractivity contribution in [3.8, 4) is 33.8 Å². The zero-order valence-corrected chi connectivity index (χ0v) is 35.4. The predicted molar refractivity (Wildman–Crippen MR) is 232 cm³/mol. The first-order chi connectivity index (χ1) is 28.9. The van der Waals surface area contributed by atoms with Crippen molar-refractivity contribution in [1.29, 1.82) is 0 Å². The Morgan fingerprint density at radius 2 is 1.52 bits per heavy atom. The molecule has 5 amide bonds. The first-order valence-corrected chi connectivity index (χ1v) is 21.8. The average Bonchev–Trinajstić information content (AvgIpc) is 3.22. The molecule has 4 aromatic rings. The minimum atomic E-state index is -3.46. The van der Waals surface area contributed by atoms with Crippen LogP contribution in [-0.4, -0.2) is 97.6 Å². The number of nitrogens with one attached hydrogen (secondary N) is 4. The molecule has 4 aromatic carbocycles. The molecule has 0 aliphatic carbocycles. The topological polar surface area (TPSA) is 237 Å². The van der Waals surface area contributed by atoms with Crippen LogP contribution in [-0.2, 0) is 35.4 Å². The summed E-state index contributed by atoms with van der Waals surface area (Å²) >= 11 is 6.04. The van der Waals surface area contributed by atoms with Crippen LogP contribution in [0, 0.1) is 0 Å². The maximum Gasteiger partial charge on any atom is 0.251 e. The number of phenols is 2. The summed E-state index contributed by atoms with van der Waals surface area (Å²) in [4.78, 5) is 70.7. The van der Waals surface area contributed by atoms with E-state index in [9.17, 15) is 42.6 Å². The second kappa shape index (κ2) is 20.4. The third-order valence-corrected chi connectivity index (χ3v) is 11.0. The number of amides is 5. The molecule has 0 spiro atoms. The molecule has 1 heterocycles. The fourth-order valence-electron chi connectivity index (χ4n) is 6.84. The Balaban J connectivity index is 1.48. The van der Waals surface area contributed by atoms with Gasteiger partial charge < -0.3 is 42.1 Å². The van der Waals surface area contributed by atoms with Crippen LogP contribution in [0.25, 0.3) is 22.3 Å². The van der Waals surface area contributed by atoms with Crippen molar-refractivity contribution in [3.05, 3.63) is 118 Å². The molecule has 1 aliphatic rings. The normalized spacial score (nSPS) is 17.4. The molecule has 4 atom stereocenters. The first kappa shape index (κ1) is 45.8. The van der Waals surface area contributed by atoms with E-state index >= 15 is 0 Å². The molecule has 17 heteroatoms. The highest BCUT2D eigenvalue weighted by atomic mass is 35.5. The van der Waals surface area contributed by atoms with Gasteiger partial charge >= 0.3 is 0 Å². The van der Waals surface area contributed by atoms with Crippen molar-refractivity contribution in [2.75, 3.05) is 26.4 Å². The van der Waals surface area contributed by atoms with Gasteiger partial charge in [-0.15, -0.1) is 0 Å². The molecule has 15 nitrogen and oxygen atoms in total. The number of carbonyl (C=O) groups excluding carboxylic acids is 5. The molecule has 0 saturated heterocycles. The molecular formula is C44H49ClN6O9S. The number of fused-ring (bicyclic) bond motifs is 5. The Morgan fingerprint density at radius 1 is 0.902 bits per heavy atom. The molecule has 61 heavy (non-hydrogen) atoms. The Labute approximate surface area is 359 Å². The minimum Gasteiger partial charge on any atom is -0.507 e. The number of nitrogens with zero attached hydrogens (tertiary/aromatic N) is 1. The van der Waals surface area contributed by atoms with E-state index in [0.717, 1.165) is 27.7 Å². The van der Waals surface area contributed by atoms with Gasteiger partial charge in [-0.2, -0.15) is 0 Å². The highest BCUT2D eigenvalue weighted by Gasteiger charge is 2.36. The molecule has 8 N–H and O–H groups in total. The van der Waals surface area contributed by atoms with Gasteiger partial charge in [0.1, 0.15) is 35.7 Å². The minimum absolute atomic E-state index is 0.0919. The van der Waals surface area contributed by atoms with E-state index in [2.05, 4.69) is 21.3 Å². The number of hydrogen-bond donors (Lipinski definition) is 7. The number of benzene rings is 4. The molecule has 0 saturated carbocycles. The number of carbonyl (C=O) groups is 5. The maximum atomic E-state index is 14.5. The van der Waals surface area contributed by atoms with Gasteiger partial charge in [-0.3, -0.25) is 24.0 Å². The Bertz CT molecular complexity index is 2410. The zero-order valence-electron chi connectivity index (χ0n) is 33.9. The Kier molecular flexibility index (Phi) is 15.3. The summed E-state index contributed by atoms with van der Waals surface area (Å²) in [5.41, 5.74) is 8.70. The van der Waals surface area contributed by atoms with Crippen molar-refractivity contribution in [2.24, 2.45) is 5.73 Å². The van der Waals surface area contributed by atoms with E-state index in [0.29, 0.717) is 30.0 Å². The summed E-state index contributed by atoms with van der Waals surface area (Å²) in [5, 5.41) is 34.3. The number of sulfone groups is 1. The number of likely N-dealkylation sites (N-methyl/N-ethyl adjacent to an activating group) is 1. The fraction of sp³-hybridized carbons (Fsp3) is 0.295. The number of halogens is 1. The highest BCUT2D eigenvalue weighted by molar-refractivity contribution is 7.93. The van der Waals surface area contributed by atoms with E-state index < -0.39 is 63.5 Å². The summed E-state index contributed by atoms with van der Waals surface area (Å²) < 4.78 is 23.1. The molecule has 322 valence electrons. The predicted octanol–water partition coefficient (Wildman–Crippen LogP) is 3.73. The van der Waals surface area contributed by atoms with Crippen LogP contribution in [0.1, 0.15) is 53.7 Å². The summed E-state index contributed by atoms with van der Waals surface area (Å²) in [6, 6.07) is 17.6. The van der Waals surface area contributed by atoms with Gasteiger partial charge in [-0.05, 0) is 104 Å². The van der Waals surface area contributed by atoms with Crippen molar-refractivity contribution < 1.29 is 42.6 Å². The van der Waals surface area contributed by atoms with Gasteiger partial charge in [0.15, 0.2) is 9.84 Å². The molecule has 5 rings (SSSR count).